The minimum absolute atomic E-state index is 0.0832. The van der Waals surface area contributed by atoms with E-state index in [0.29, 0.717) is 30.1 Å². The van der Waals surface area contributed by atoms with Crippen LogP contribution in [0.2, 0.25) is 0 Å². The van der Waals surface area contributed by atoms with Crippen molar-refractivity contribution in [3.8, 4) is 0 Å². The molecule has 144 valence electrons. The maximum absolute atomic E-state index is 12.7. The fraction of sp³-hybridized carbons (Fsp3) is 0.368. The van der Waals surface area contributed by atoms with Crippen molar-refractivity contribution >= 4 is 23.2 Å². The smallest absolute Gasteiger partial charge is 0.276 e. The van der Waals surface area contributed by atoms with Crippen LogP contribution < -0.4 is 5.32 Å². The Labute approximate surface area is 165 Å². The number of imidazole rings is 1. The lowest BCUT2D eigenvalue weighted by Gasteiger charge is -2.48. The number of aryl methyl sites for hydroxylation is 2. The number of carbonyl (C=O) groups excluding carboxylic acids is 2. The van der Waals surface area contributed by atoms with E-state index in [-0.39, 0.29) is 23.4 Å². The zero-order valence-electron chi connectivity index (χ0n) is 15.5. The third kappa shape index (κ3) is 2.50. The maximum atomic E-state index is 12.7. The molecule has 0 saturated carbocycles. The molecular weight excluding hydrogens is 378 g/mol. The number of nitrogens with one attached hydrogen (secondary N) is 1. The van der Waals surface area contributed by atoms with Gasteiger partial charge in [-0.05, 0) is 30.9 Å². The average molecular weight is 397 g/mol. The van der Waals surface area contributed by atoms with Gasteiger partial charge >= 0.3 is 0 Å². The minimum atomic E-state index is -0.234. The van der Waals surface area contributed by atoms with Crippen LogP contribution in [-0.4, -0.2) is 44.5 Å². The maximum Gasteiger partial charge on any atom is 0.276 e. The summed E-state index contributed by atoms with van der Waals surface area (Å²) < 4.78 is 7.00. The number of likely N-dealkylation sites (tertiary alicyclic amines) is 1. The quantitative estimate of drug-likeness (QED) is 0.732. The van der Waals surface area contributed by atoms with Crippen LogP contribution in [0.1, 0.15) is 49.6 Å². The standard InChI is InChI=1S/C19H19N5O3S/c1-11-5-14(28-8-11)17(25)21-13-6-19(24-4-3-20-16(13)24)9-23(10-19)18(26)15-12(2)7-27-22-15/h3-5,7-8,13H,6,9-10H2,1-2H3,(H,21,25). The van der Waals surface area contributed by atoms with Crippen molar-refractivity contribution in [2.75, 3.05) is 13.1 Å². The van der Waals surface area contributed by atoms with Crippen molar-refractivity contribution in [2.24, 2.45) is 0 Å². The zero-order valence-corrected chi connectivity index (χ0v) is 16.3. The molecule has 1 spiro atoms. The summed E-state index contributed by atoms with van der Waals surface area (Å²) in [5.74, 6) is 0.631. The summed E-state index contributed by atoms with van der Waals surface area (Å²) in [5, 5.41) is 8.89. The number of fused-ring (bicyclic) bond motifs is 2. The number of hydrogen-bond acceptors (Lipinski definition) is 6. The monoisotopic (exact) mass is 397 g/mol. The van der Waals surface area contributed by atoms with Crippen molar-refractivity contribution in [2.45, 2.75) is 31.8 Å². The van der Waals surface area contributed by atoms with Crippen molar-refractivity contribution in [1.29, 1.82) is 0 Å². The largest absolute Gasteiger partial charge is 0.364 e. The minimum Gasteiger partial charge on any atom is -0.364 e. The number of hydrogen-bond donors (Lipinski definition) is 1. The Hall–Kier alpha value is -2.94. The molecule has 0 radical (unpaired) electrons. The SMILES string of the molecule is Cc1csc(C(=O)NC2CC3(CN(C(=O)c4nocc4C)C3)n3ccnc32)c1. The van der Waals surface area contributed by atoms with E-state index < -0.39 is 0 Å². The number of nitrogens with zero attached hydrogens (tertiary/aromatic N) is 4. The van der Waals surface area contributed by atoms with Crippen LogP contribution >= 0.6 is 11.3 Å². The summed E-state index contributed by atoms with van der Waals surface area (Å²) in [7, 11) is 0. The number of thiophene rings is 1. The summed E-state index contributed by atoms with van der Waals surface area (Å²) in [6.07, 6.45) is 5.87. The molecule has 1 saturated heterocycles. The molecule has 0 bridgehead atoms. The number of aromatic nitrogens is 3. The molecule has 1 N–H and O–H groups in total. The van der Waals surface area contributed by atoms with Crippen LogP contribution in [0, 0.1) is 13.8 Å². The molecule has 3 aromatic heterocycles. The molecular formula is C19H19N5O3S. The normalized spacial score (nSPS) is 19.5. The number of rotatable bonds is 3. The van der Waals surface area contributed by atoms with Crippen LogP contribution in [0.15, 0.2) is 34.6 Å². The molecule has 5 heterocycles. The van der Waals surface area contributed by atoms with E-state index in [9.17, 15) is 9.59 Å². The van der Waals surface area contributed by atoms with Gasteiger partial charge in [-0.3, -0.25) is 9.59 Å². The summed E-state index contributed by atoms with van der Waals surface area (Å²) in [5.41, 5.74) is 1.94. The highest BCUT2D eigenvalue weighted by Gasteiger charge is 2.54. The van der Waals surface area contributed by atoms with Gasteiger partial charge in [-0.1, -0.05) is 5.16 Å². The molecule has 3 aromatic rings. The highest BCUT2D eigenvalue weighted by Crippen LogP contribution is 2.45. The Bertz CT molecular complexity index is 1070. The van der Waals surface area contributed by atoms with E-state index in [2.05, 4.69) is 20.0 Å². The Balaban J connectivity index is 1.33. The van der Waals surface area contributed by atoms with Gasteiger partial charge in [0.05, 0.1) is 16.5 Å². The van der Waals surface area contributed by atoms with Gasteiger partial charge in [0.15, 0.2) is 5.69 Å². The third-order valence-corrected chi connectivity index (χ3v) is 6.59. The molecule has 1 fully saturated rings. The van der Waals surface area contributed by atoms with Crippen LogP contribution in [-0.2, 0) is 5.54 Å². The van der Waals surface area contributed by atoms with Crippen LogP contribution in [0.25, 0.3) is 0 Å². The molecule has 5 rings (SSSR count). The first-order chi connectivity index (χ1) is 13.5. The van der Waals surface area contributed by atoms with E-state index in [1.165, 1.54) is 17.6 Å². The van der Waals surface area contributed by atoms with Crippen molar-refractivity contribution in [3.63, 3.8) is 0 Å². The van der Waals surface area contributed by atoms with Crippen LogP contribution in [0.4, 0.5) is 0 Å². The first-order valence-corrected chi connectivity index (χ1v) is 9.95. The topological polar surface area (TPSA) is 93.3 Å². The Kier molecular flexibility index (Phi) is 3.70. The number of carbonyl (C=O) groups is 2. The lowest BCUT2D eigenvalue weighted by atomic mass is 9.85. The van der Waals surface area contributed by atoms with Crippen molar-refractivity contribution in [1.82, 2.24) is 24.9 Å². The van der Waals surface area contributed by atoms with Crippen LogP contribution in [0.3, 0.4) is 0 Å². The second kappa shape index (κ2) is 6.03. The second-order valence-electron chi connectivity index (χ2n) is 7.61. The molecule has 0 aliphatic carbocycles. The molecule has 8 nitrogen and oxygen atoms in total. The fourth-order valence-electron chi connectivity index (χ4n) is 4.17. The van der Waals surface area contributed by atoms with Gasteiger partial charge in [0.25, 0.3) is 11.8 Å². The van der Waals surface area contributed by atoms with E-state index >= 15 is 0 Å². The van der Waals surface area contributed by atoms with E-state index in [4.69, 9.17) is 4.52 Å². The van der Waals surface area contributed by atoms with Crippen molar-refractivity contribution < 1.29 is 14.1 Å². The molecule has 28 heavy (non-hydrogen) atoms. The number of amides is 2. The van der Waals surface area contributed by atoms with E-state index in [1.807, 2.05) is 24.6 Å². The Morgan fingerprint density at radius 2 is 2.18 bits per heavy atom. The third-order valence-electron chi connectivity index (χ3n) is 5.54. The van der Waals surface area contributed by atoms with Gasteiger partial charge in [0.1, 0.15) is 12.1 Å². The fourth-order valence-corrected chi connectivity index (χ4v) is 4.97. The molecule has 2 amide bonds. The van der Waals surface area contributed by atoms with Gasteiger partial charge < -0.3 is 19.3 Å². The van der Waals surface area contributed by atoms with Gasteiger partial charge in [-0.15, -0.1) is 11.3 Å². The van der Waals surface area contributed by atoms with Gasteiger partial charge in [0.2, 0.25) is 0 Å². The highest BCUT2D eigenvalue weighted by molar-refractivity contribution is 7.12. The van der Waals surface area contributed by atoms with Gasteiger partial charge in [-0.2, -0.15) is 0 Å². The predicted molar refractivity (Wildman–Crippen MR) is 101 cm³/mol. The zero-order chi connectivity index (χ0) is 19.5. The summed E-state index contributed by atoms with van der Waals surface area (Å²) >= 11 is 1.44. The summed E-state index contributed by atoms with van der Waals surface area (Å²) in [4.78, 5) is 32.2. The molecule has 2 aliphatic rings. The summed E-state index contributed by atoms with van der Waals surface area (Å²) in [6, 6.07) is 1.72. The molecule has 2 aliphatic heterocycles. The lowest BCUT2D eigenvalue weighted by molar-refractivity contribution is 0.0130. The first-order valence-electron chi connectivity index (χ1n) is 9.07. The van der Waals surface area contributed by atoms with E-state index in [1.54, 1.807) is 18.0 Å². The summed E-state index contributed by atoms with van der Waals surface area (Å²) in [6.45, 7) is 4.90. The molecule has 1 atom stereocenters. The molecule has 1 unspecified atom stereocenters. The van der Waals surface area contributed by atoms with Gasteiger partial charge in [0, 0.05) is 37.5 Å². The van der Waals surface area contributed by atoms with Crippen LogP contribution in [0.5, 0.6) is 0 Å². The predicted octanol–water partition coefficient (Wildman–Crippen LogP) is 2.28. The van der Waals surface area contributed by atoms with Crippen molar-refractivity contribution in [3.05, 3.63) is 57.6 Å². The first kappa shape index (κ1) is 17.2. The highest BCUT2D eigenvalue weighted by atomic mass is 32.1. The lowest BCUT2D eigenvalue weighted by Crippen LogP contribution is -2.63. The Morgan fingerprint density at radius 3 is 2.86 bits per heavy atom. The van der Waals surface area contributed by atoms with Gasteiger partial charge in [-0.25, -0.2) is 4.98 Å². The molecule has 9 heteroatoms. The molecule has 0 aromatic carbocycles. The average Bonchev–Trinajstić information content (AvgIpc) is 3.38. The second-order valence-corrected chi connectivity index (χ2v) is 8.52. The van der Waals surface area contributed by atoms with E-state index in [0.717, 1.165) is 17.0 Å². The Morgan fingerprint density at radius 1 is 1.36 bits per heavy atom.